The van der Waals surface area contributed by atoms with Crippen molar-refractivity contribution in [3.8, 4) is 16.8 Å². The lowest BCUT2D eigenvalue weighted by Crippen LogP contribution is -2.62. The fraction of sp³-hybridized carbons (Fsp3) is 0.0769. The largest absolute Gasteiger partial charge is 0.311 e. The third-order valence-corrected chi connectivity index (χ3v) is 15.4. The molecule has 1 aromatic heterocycles. The van der Waals surface area contributed by atoms with Crippen LogP contribution in [0.1, 0.15) is 48.6 Å². The van der Waals surface area contributed by atoms with Crippen LogP contribution in [0.3, 0.4) is 0 Å². The highest BCUT2D eigenvalue weighted by molar-refractivity contribution is 7.01. The van der Waals surface area contributed by atoms with Crippen LogP contribution in [0, 0.1) is 0 Å². The predicted octanol–water partition coefficient (Wildman–Crippen LogP) is 14.5. The van der Waals surface area contributed by atoms with Gasteiger partial charge < -0.3 is 14.4 Å². The minimum atomic E-state index is -0.547. The van der Waals surface area contributed by atoms with Crippen LogP contribution >= 0.6 is 0 Å². The Kier molecular flexibility index (Phi) is 8.55. The molecule has 0 N–H and O–H groups in total. The second-order valence-corrected chi connectivity index (χ2v) is 20.0. The van der Waals surface area contributed by atoms with Gasteiger partial charge in [-0.05, 0) is 127 Å². The maximum absolute atomic E-state index is 2.58. The van der Waals surface area contributed by atoms with Crippen molar-refractivity contribution in [2.75, 3.05) is 9.80 Å². The average molecular weight is 882 g/mol. The summed E-state index contributed by atoms with van der Waals surface area (Å²) in [5.41, 5.74) is 23.0. The van der Waals surface area contributed by atoms with Crippen LogP contribution in [0.25, 0.3) is 38.6 Å². The third kappa shape index (κ3) is 5.57. The normalized spacial score (nSPS) is 14.0. The van der Waals surface area contributed by atoms with Crippen LogP contribution < -0.4 is 26.2 Å². The topological polar surface area (TPSA) is 11.4 Å². The van der Waals surface area contributed by atoms with E-state index >= 15 is 0 Å². The molecule has 1 aliphatic carbocycles. The number of fused-ring (bicyclic) bond motifs is 11. The van der Waals surface area contributed by atoms with E-state index in [0.717, 1.165) is 17.1 Å². The van der Waals surface area contributed by atoms with Crippen molar-refractivity contribution < 1.29 is 0 Å². The molecule has 0 saturated carbocycles. The molecule has 0 fully saturated rings. The monoisotopic (exact) mass is 881 g/mol. The molecule has 69 heavy (non-hydrogen) atoms. The molecule has 0 atom stereocenters. The maximum atomic E-state index is 2.58. The second kappa shape index (κ2) is 14.8. The second-order valence-electron chi connectivity index (χ2n) is 20.0. The highest BCUT2D eigenvalue weighted by Gasteiger charge is 2.52. The Hall–Kier alpha value is -8.34. The van der Waals surface area contributed by atoms with E-state index in [0.29, 0.717) is 0 Å². The number of hydrogen-bond acceptors (Lipinski definition) is 2. The summed E-state index contributed by atoms with van der Waals surface area (Å²) in [6, 6.07) is 88.8. The SMILES string of the molecule is CC(C)(C)c1cc2c3c(c1)N(c1ccccc1)c1ccc4c(c1B3c1ccc(-n3c5ccccc5c5ccccc53)cc1N2c1ccccc1)-c1ccccc1C4(c1ccccc1)c1ccccc1. The Morgan fingerprint density at radius 3 is 1.48 bits per heavy atom. The molecule has 0 radical (unpaired) electrons. The molecule has 0 amide bonds. The van der Waals surface area contributed by atoms with Crippen LogP contribution in [-0.4, -0.2) is 11.3 Å². The van der Waals surface area contributed by atoms with Gasteiger partial charge in [0.1, 0.15) is 0 Å². The fourth-order valence-corrected chi connectivity index (χ4v) is 12.5. The zero-order chi connectivity index (χ0) is 46.0. The molecule has 0 saturated heterocycles. The van der Waals surface area contributed by atoms with E-state index in [1.165, 1.54) is 99.9 Å². The number of para-hydroxylation sites is 4. The van der Waals surface area contributed by atoms with E-state index in [2.05, 4.69) is 272 Å². The first-order valence-corrected chi connectivity index (χ1v) is 24.3. The van der Waals surface area contributed by atoms with Crippen LogP contribution in [0.15, 0.2) is 237 Å². The van der Waals surface area contributed by atoms with E-state index < -0.39 is 5.41 Å². The fourth-order valence-electron chi connectivity index (χ4n) is 12.5. The zero-order valence-electron chi connectivity index (χ0n) is 38.9. The lowest BCUT2D eigenvalue weighted by molar-refractivity contribution is 0.590. The van der Waals surface area contributed by atoms with Gasteiger partial charge in [-0.2, -0.15) is 0 Å². The maximum Gasteiger partial charge on any atom is 0.252 e. The van der Waals surface area contributed by atoms with E-state index in [9.17, 15) is 0 Å². The van der Waals surface area contributed by atoms with Gasteiger partial charge in [-0.15, -0.1) is 0 Å². The van der Waals surface area contributed by atoms with Crippen LogP contribution in [0.4, 0.5) is 34.1 Å². The average Bonchev–Trinajstić information content (AvgIpc) is 3.90. The third-order valence-electron chi connectivity index (χ3n) is 15.4. The number of nitrogens with zero attached hydrogens (tertiary/aromatic N) is 3. The Morgan fingerprint density at radius 2 is 0.899 bits per heavy atom. The molecule has 3 nitrogen and oxygen atoms in total. The van der Waals surface area contributed by atoms with Gasteiger partial charge in [0, 0.05) is 50.6 Å². The van der Waals surface area contributed by atoms with Crippen LogP contribution in [0.2, 0.25) is 0 Å². The number of rotatable bonds is 5. The van der Waals surface area contributed by atoms with Crippen molar-refractivity contribution in [1.29, 1.82) is 0 Å². The van der Waals surface area contributed by atoms with E-state index in [4.69, 9.17) is 0 Å². The number of hydrogen-bond donors (Lipinski definition) is 0. The van der Waals surface area contributed by atoms with Gasteiger partial charge in [0.15, 0.2) is 0 Å². The summed E-state index contributed by atoms with van der Waals surface area (Å²) >= 11 is 0. The van der Waals surface area contributed by atoms with E-state index in [1.54, 1.807) is 0 Å². The van der Waals surface area contributed by atoms with Crippen molar-refractivity contribution in [3.63, 3.8) is 0 Å². The first kappa shape index (κ1) is 39.8. The highest BCUT2D eigenvalue weighted by atomic mass is 15.2. The van der Waals surface area contributed by atoms with Crippen molar-refractivity contribution in [2.45, 2.75) is 31.6 Å². The van der Waals surface area contributed by atoms with Gasteiger partial charge in [0.25, 0.3) is 6.71 Å². The Balaban J connectivity index is 1.15. The molecule has 10 aromatic carbocycles. The number of anilines is 6. The van der Waals surface area contributed by atoms with Crippen LogP contribution in [-0.2, 0) is 10.8 Å². The molecule has 0 unspecified atom stereocenters. The summed E-state index contributed by atoms with van der Waals surface area (Å²) in [5, 5.41) is 2.51. The molecule has 11 aromatic rings. The van der Waals surface area contributed by atoms with Crippen molar-refractivity contribution in [1.82, 2.24) is 4.57 Å². The smallest absolute Gasteiger partial charge is 0.252 e. The van der Waals surface area contributed by atoms with Gasteiger partial charge in [-0.3, -0.25) is 0 Å². The molecule has 0 spiro atoms. The first-order valence-electron chi connectivity index (χ1n) is 24.3. The minimum Gasteiger partial charge on any atom is -0.311 e. The molecule has 3 aliphatic rings. The summed E-state index contributed by atoms with van der Waals surface area (Å²) in [5.74, 6) is 0. The van der Waals surface area contributed by atoms with E-state index in [1.807, 2.05) is 0 Å². The summed E-state index contributed by atoms with van der Waals surface area (Å²) in [7, 11) is 0. The standard InChI is InChI=1S/C65H48BN3/c1-64(2,3)45-40-59-62-60(41-45)68(47-28-14-7-15-29-47)58-42-48(69-55-34-20-17-30-49(55)50-31-18-21-35-56(50)69)36-38-54(58)66(62)63-57(67(59)46-26-12-6-13-27-46)39-37-53-61(63)51-32-16-19-33-52(51)65(53,43-22-8-4-9-23-43)44-24-10-5-11-25-44/h4-42H,1-3H3. The molecular weight excluding hydrogens is 834 g/mol. The molecule has 14 rings (SSSR count). The predicted molar refractivity (Wildman–Crippen MR) is 291 cm³/mol. The van der Waals surface area contributed by atoms with Crippen LogP contribution in [0.5, 0.6) is 0 Å². The van der Waals surface area contributed by atoms with Gasteiger partial charge in [-0.1, -0.05) is 191 Å². The lowest BCUT2D eigenvalue weighted by Gasteiger charge is -2.46. The summed E-state index contributed by atoms with van der Waals surface area (Å²) in [4.78, 5) is 5.15. The Labute approximate surface area is 404 Å². The summed E-state index contributed by atoms with van der Waals surface area (Å²) in [6.07, 6.45) is 0. The summed E-state index contributed by atoms with van der Waals surface area (Å²) < 4.78 is 2.47. The molecule has 4 heteroatoms. The molecule has 326 valence electrons. The zero-order valence-corrected chi connectivity index (χ0v) is 38.9. The Bertz CT molecular complexity index is 3740. The van der Waals surface area contributed by atoms with Gasteiger partial charge in [0.2, 0.25) is 0 Å². The van der Waals surface area contributed by atoms with Crippen molar-refractivity contribution in [3.05, 3.63) is 264 Å². The highest BCUT2D eigenvalue weighted by Crippen LogP contribution is 2.58. The lowest BCUT2D eigenvalue weighted by atomic mass is 9.32. The molecule has 3 heterocycles. The first-order chi connectivity index (χ1) is 33.9. The quantitative estimate of drug-likeness (QED) is 0.160. The minimum absolute atomic E-state index is 0.105. The van der Waals surface area contributed by atoms with Gasteiger partial charge >= 0.3 is 0 Å². The molecule has 2 aliphatic heterocycles. The number of aromatic nitrogens is 1. The molecule has 0 bridgehead atoms. The number of benzene rings is 10. The van der Waals surface area contributed by atoms with E-state index in [-0.39, 0.29) is 12.1 Å². The molecular formula is C65H48BN3. The van der Waals surface area contributed by atoms with Gasteiger partial charge in [0.05, 0.1) is 16.4 Å². The Morgan fingerprint density at radius 1 is 0.391 bits per heavy atom. The van der Waals surface area contributed by atoms with Crippen molar-refractivity contribution in [2.24, 2.45) is 0 Å². The van der Waals surface area contributed by atoms with Gasteiger partial charge in [-0.25, -0.2) is 0 Å². The summed E-state index contributed by atoms with van der Waals surface area (Å²) in [6.45, 7) is 6.95. The van der Waals surface area contributed by atoms with Crippen molar-refractivity contribution >= 4 is 79.0 Å².